The second-order valence-corrected chi connectivity index (χ2v) is 5.94. The third-order valence-electron chi connectivity index (χ3n) is 2.33. The number of aromatic nitrogens is 1. The minimum absolute atomic E-state index is 0.0221. The van der Waals surface area contributed by atoms with E-state index in [0.29, 0.717) is 0 Å². The van der Waals surface area contributed by atoms with E-state index in [1.807, 2.05) is 11.7 Å². The van der Waals surface area contributed by atoms with Gasteiger partial charge in [0.2, 0.25) is 11.7 Å². The third kappa shape index (κ3) is 2.17. The molecule has 0 aliphatic carbocycles. The van der Waals surface area contributed by atoms with E-state index in [-0.39, 0.29) is 11.0 Å². The third-order valence-corrected chi connectivity index (χ3v) is 2.33. The fraction of sp³-hybridized carbons (Fsp3) is 0.750. The molecule has 0 saturated heterocycles. The predicted molar refractivity (Wildman–Crippen MR) is 57.3 cm³/mol. The van der Waals surface area contributed by atoms with Crippen LogP contribution in [0.1, 0.15) is 52.9 Å². The highest BCUT2D eigenvalue weighted by atomic mass is 16.5. The second-order valence-electron chi connectivity index (χ2n) is 5.94. The molecule has 0 aliphatic heterocycles. The number of aryl methyl sites for hydroxylation is 1. The van der Waals surface area contributed by atoms with Crippen molar-refractivity contribution < 1.29 is 9.26 Å². The summed E-state index contributed by atoms with van der Waals surface area (Å²) in [6.45, 7) is 15.1. The lowest BCUT2D eigenvalue weighted by atomic mass is 9.88. The molecule has 0 spiro atoms. The van der Waals surface area contributed by atoms with Crippen LogP contribution in [0, 0.1) is 6.92 Å². The summed E-state index contributed by atoms with van der Waals surface area (Å²) in [4.78, 5) is 0. The van der Waals surface area contributed by atoms with E-state index in [9.17, 15) is 0 Å². The molecule has 1 heterocycles. The zero-order chi connectivity index (χ0) is 11.1. The molecule has 14 heavy (non-hydrogen) atoms. The summed E-state index contributed by atoms with van der Waals surface area (Å²) in [5.41, 5.74) is 1.46. The molecule has 0 fully saturated rings. The Morgan fingerprint density at radius 2 is 1.57 bits per heavy atom. The van der Waals surface area contributed by atoms with E-state index in [1.54, 1.807) is 0 Å². The molecule has 0 atom stereocenters. The molecule has 1 rings (SSSR count). The van der Waals surface area contributed by atoms with Crippen molar-refractivity contribution >= 4 is 0 Å². The lowest BCUT2D eigenvalue weighted by molar-refractivity contribution is -0.907. The number of hydrogen-bond donors (Lipinski definition) is 0. The molecule has 0 bridgehead atoms. The van der Waals surface area contributed by atoms with Crippen LogP contribution >= 0.6 is 0 Å². The molecule has 1 aromatic rings. The van der Waals surface area contributed by atoms with E-state index in [1.165, 1.54) is 5.56 Å². The average Bonchev–Trinajstić information content (AvgIpc) is 2.27. The lowest BCUT2D eigenvalue weighted by Gasteiger charge is -2.13. The SMILES string of the molecule is Cc1o[n+](C(C)(C)C)cc1C(C)(C)C. The first-order chi connectivity index (χ1) is 6.12. The van der Waals surface area contributed by atoms with Crippen molar-refractivity contribution in [2.75, 3.05) is 0 Å². The van der Waals surface area contributed by atoms with E-state index in [2.05, 4.69) is 47.7 Å². The van der Waals surface area contributed by atoms with Gasteiger partial charge in [0, 0.05) is 27.7 Å². The van der Waals surface area contributed by atoms with Gasteiger partial charge in [0.25, 0.3) is 0 Å². The van der Waals surface area contributed by atoms with Crippen molar-refractivity contribution in [1.29, 1.82) is 0 Å². The Labute approximate surface area is 86.9 Å². The predicted octanol–water partition coefficient (Wildman–Crippen LogP) is 2.93. The smallest absolute Gasteiger partial charge is 0.224 e. The number of nitrogens with zero attached hydrogens (tertiary/aromatic N) is 1. The summed E-state index contributed by atoms with van der Waals surface area (Å²) in [6, 6.07) is 0. The van der Waals surface area contributed by atoms with Crippen LogP contribution in [0.3, 0.4) is 0 Å². The summed E-state index contributed by atoms with van der Waals surface area (Å²) in [7, 11) is 0. The monoisotopic (exact) mass is 196 g/mol. The maximum atomic E-state index is 5.72. The molecular weight excluding hydrogens is 174 g/mol. The van der Waals surface area contributed by atoms with Crippen LogP contribution in [-0.4, -0.2) is 0 Å². The maximum absolute atomic E-state index is 5.72. The topological polar surface area (TPSA) is 17.0 Å². The van der Waals surface area contributed by atoms with Gasteiger partial charge in [0.15, 0.2) is 5.76 Å². The Morgan fingerprint density at radius 1 is 1.07 bits per heavy atom. The highest BCUT2D eigenvalue weighted by Crippen LogP contribution is 2.25. The van der Waals surface area contributed by atoms with Crippen LogP contribution in [0.5, 0.6) is 0 Å². The average molecular weight is 196 g/mol. The number of hydrogen-bond acceptors (Lipinski definition) is 1. The first-order valence-corrected chi connectivity index (χ1v) is 5.16. The van der Waals surface area contributed by atoms with E-state index < -0.39 is 0 Å². The van der Waals surface area contributed by atoms with Gasteiger partial charge in [-0.15, -0.1) is 0 Å². The molecule has 0 N–H and O–H groups in total. The van der Waals surface area contributed by atoms with Crippen molar-refractivity contribution in [1.82, 2.24) is 0 Å². The van der Waals surface area contributed by atoms with Gasteiger partial charge in [0.05, 0.1) is 5.56 Å². The Kier molecular flexibility index (Phi) is 2.51. The lowest BCUT2D eigenvalue weighted by Crippen LogP contribution is -2.48. The van der Waals surface area contributed by atoms with E-state index in [0.717, 1.165) is 5.76 Å². The van der Waals surface area contributed by atoms with Crippen molar-refractivity contribution in [3.63, 3.8) is 0 Å². The van der Waals surface area contributed by atoms with Crippen LogP contribution < -0.4 is 4.74 Å². The van der Waals surface area contributed by atoms with Gasteiger partial charge in [-0.05, 0) is 10.2 Å². The van der Waals surface area contributed by atoms with Gasteiger partial charge < -0.3 is 0 Å². The van der Waals surface area contributed by atoms with Crippen molar-refractivity contribution in [2.24, 2.45) is 0 Å². The van der Waals surface area contributed by atoms with Crippen LogP contribution in [0.2, 0.25) is 0 Å². The van der Waals surface area contributed by atoms with Gasteiger partial charge in [-0.25, -0.2) is 4.52 Å². The highest BCUT2D eigenvalue weighted by molar-refractivity contribution is 5.19. The molecule has 0 unspecified atom stereocenters. The normalized spacial score (nSPS) is 13.4. The van der Waals surface area contributed by atoms with Crippen molar-refractivity contribution in [3.05, 3.63) is 17.5 Å². The first-order valence-electron chi connectivity index (χ1n) is 5.16. The van der Waals surface area contributed by atoms with Gasteiger partial charge in [-0.2, -0.15) is 0 Å². The molecule has 1 aromatic heterocycles. The molecule has 0 saturated carbocycles. The van der Waals surface area contributed by atoms with Gasteiger partial charge in [0.1, 0.15) is 0 Å². The Bertz CT molecular complexity index is 323. The van der Waals surface area contributed by atoms with Crippen LogP contribution in [0.4, 0.5) is 0 Å². The summed E-state index contributed by atoms with van der Waals surface area (Å²) in [5, 5.41) is 0. The zero-order valence-electron chi connectivity index (χ0n) is 10.4. The van der Waals surface area contributed by atoms with Gasteiger partial charge in [-0.3, -0.25) is 0 Å². The molecule has 0 aliphatic rings. The molecular formula is C12H22NO+. The van der Waals surface area contributed by atoms with E-state index in [4.69, 9.17) is 4.52 Å². The summed E-state index contributed by atoms with van der Waals surface area (Å²) < 4.78 is 7.66. The largest absolute Gasteiger partial charge is 0.241 e. The van der Waals surface area contributed by atoms with Crippen LogP contribution in [0.15, 0.2) is 10.7 Å². The Hall–Kier alpha value is -0.790. The molecule has 80 valence electrons. The van der Waals surface area contributed by atoms with Crippen LogP contribution in [-0.2, 0) is 11.0 Å². The van der Waals surface area contributed by atoms with Gasteiger partial charge >= 0.3 is 0 Å². The molecule has 2 nitrogen and oxygen atoms in total. The fourth-order valence-electron chi connectivity index (χ4n) is 1.48. The molecule has 0 aromatic carbocycles. The van der Waals surface area contributed by atoms with Crippen molar-refractivity contribution in [3.8, 4) is 0 Å². The minimum Gasteiger partial charge on any atom is -0.241 e. The second kappa shape index (κ2) is 3.11. The molecule has 0 radical (unpaired) electrons. The molecule has 2 heteroatoms. The molecule has 0 amide bonds. The first kappa shape index (κ1) is 11.3. The summed E-state index contributed by atoms with van der Waals surface area (Å²) in [5.74, 6) is 1.02. The number of rotatable bonds is 0. The van der Waals surface area contributed by atoms with Crippen LogP contribution in [0.25, 0.3) is 0 Å². The maximum Gasteiger partial charge on any atom is 0.224 e. The Balaban J connectivity index is 3.19. The highest BCUT2D eigenvalue weighted by Gasteiger charge is 2.32. The summed E-state index contributed by atoms with van der Waals surface area (Å²) >= 11 is 0. The zero-order valence-corrected chi connectivity index (χ0v) is 10.4. The van der Waals surface area contributed by atoms with E-state index >= 15 is 0 Å². The summed E-state index contributed by atoms with van der Waals surface area (Å²) in [6.07, 6.45) is 2.12. The Morgan fingerprint density at radius 3 is 1.79 bits per heavy atom. The standard InChI is InChI=1S/C12H22NO/c1-9-10(11(2,3)4)8-13(14-9)12(5,6)7/h8H,1-7H3/q+1. The van der Waals surface area contributed by atoms with Gasteiger partial charge in [-0.1, -0.05) is 20.8 Å². The quantitative estimate of drug-likeness (QED) is 0.583. The van der Waals surface area contributed by atoms with Crippen molar-refractivity contribution in [2.45, 2.75) is 59.4 Å². The minimum atomic E-state index is 0.0221. The fourth-order valence-corrected chi connectivity index (χ4v) is 1.48.